The number of likely N-dealkylation sites (tertiary alicyclic amines) is 1. The summed E-state index contributed by atoms with van der Waals surface area (Å²) in [7, 11) is 0. The number of carbonyl (C=O) groups is 1. The van der Waals surface area contributed by atoms with Gasteiger partial charge in [-0.2, -0.15) is 5.26 Å². The minimum absolute atomic E-state index is 0.0521. The Morgan fingerprint density at radius 2 is 2.35 bits per heavy atom. The lowest BCUT2D eigenvalue weighted by Gasteiger charge is -2.21. The van der Waals surface area contributed by atoms with Crippen LogP contribution >= 0.6 is 0 Å². The minimum Gasteiger partial charge on any atom is -0.444 e. The monoisotopic (exact) mass is 277 g/mol. The quantitative estimate of drug-likeness (QED) is 0.862. The van der Waals surface area contributed by atoms with Crippen molar-refractivity contribution in [2.75, 3.05) is 25.0 Å². The van der Waals surface area contributed by atoms with Gasteiger partial charge in [0, 0.05) is 11.6 Å². The zero-order chi connectivity index (χ0) is 14.7. The maximum absolute atomic E-state index is 12.0. The third-order valence-electron chi connectivity index (χ3n) is 3.81. The van der Waals surface area contributed by atoms with Gasteiger partial charge >= 0.3 is 0 Å². The summed E-state index contributed by atoms with van der Waals surface area (Å²) in [5.74, 6) is 0.620. The average Bonchev–Trinajstić information content (AvgIpc) is 2.95. The number of aliphatic hydroxyl groups is 1. The highest BCUT2D eigenvalue weighted by Crippen LogP contribution is 2.25. The van der Waals surface area contributed by atoms with Crippen molar-refractivity contribution in [2.45, 2.75) is 32.7 Å². The van der Waals surface area contributed by atoms with E-state index in [2.05, 4.69) is 5.32 Å². The first-order valence-corrected chi connectivity index (χ1v) is 6.71. The number of anilines is 1. The predicted octanol–water partition coefficient (Wildman–Crippen LogP) is 1.16. The van der Waals surface area contributed by atoms with E-state index in [1.165, 1.54) is 0 Å². The molecular weight excluding hydrogens is 258 g/mol. The first-order chi connectivity index (χ1) is 9.56. The van der Waals surface area contributed by atoms with Crippen LogP contribution in [0.3, 0.4) is 0 Å². The molecule has 1 aliphatic heterocycles. The van der Waals surface area contributed by atoms with Gasteiger partial charge in [0.15, 0.2) is 0 Å². The fourth-order valence-electron chi connectivity index (χ4n) is 2.51. The molecule has 0 spiro atoms. The van der Waals surface area contributed by atoms with Crippen LogP contribution in [-0.2, 0) is 4.79 Å². The smallest absolute Gasteiger partial charge is 0.240 e. The van der Waals surface area contributed by atoms with Gasteiger partial charge in [-0.3, -0.25) is 15.0 Å². The number of hydrogen-bond donors (Lipinski definition) is 2. The number of hydrogen-bond acceptors (Lipinski definition) is 5. The molecule has 2 rings (SSSR count). The van der Waals surface area contributed by atoms with Gasteiger partial charge in [-0.1, -0.05) is 0 Å². The van der Waals surface area contributed by atoms with Gasteiger partial charge in [0.05, 0.1) is 13.2 Å². The van der Waals surface area contributed by atoms with E-state index in [-0.39, 0.29) is 31.0 Å². The molecule has 0 aromatic carbocycles. The van der Waals surface area contributed by atoms with Gasteiger partial charge in [-0.25, -0.2) is 0 Å². The fourth-order valence-corrected chi connectivity index (χ4v) is 2.51. The van der Waals surface area contributed by atoms with Crippen LogP contribution in [0.15, 0.2) is 4.42 Å². The van der Waals surface area contributed by atoms with E-state index < -0.39 is 0 Å². The highest BCUT2D eigenvalue weighted by molar-refractivity contribution is 5.92. The van der Waals surface area contributed by atoms with Gasteiger partial charge in [0.2, 0.25) is 11.8 Å². The molecule has 1 aromatic heterocycles. The van der Waals surface area contributed by atoms with E-state index in [1.54, 1.807) is 13.8 Å². The summed E-state index contributed by atoms with van der Waals surface area (Å²) in [6.07, 6.45) is 1.90. The van der Waals surface area contributed by atoms with Crippen LogP contribution < -0.4 is 5.32 Å². The second-order valence-corrected chi connectivity index (χ2v) is 5.10. The molecule has 1 atom stereocenters. The third-order valence-corrected chi connectivity index (χ3v) is 3.81. The molecule has 2 N–H and O–H groups in total. The minimum atomic E-state index is -0.226. The lowest BCUT2D eigenvalue weighted by Crippen LogP contribution is -2.38. The Morgan fingerprint density at radius 3 is 3.00 bits per heavy atom. The second kappa shape index (κ2) is 6.07. The summed E-state index contributed by atoms with van der Waals surface area (Å²) in [5.41, 5.74) is 1.12. The van der Waals surface area contributed by atoms with E-state index in [0.29, 0.717) is 11.3 Å². The zero-order valence-electron chi connectivity index (χ0n) is 11.8. The number of aryl methyl sites for hydroxylation is 1. The molecular formula is C14H19N3O3. The number of nitriles is 1. The van der Waals surface area contributed by atoms with Crippen LogP contribution in [0.4, 0.5) is 5.88 Å². The van der Waals surface area contributed by atoms with Gasteiger partial charge in [0.1, 0.15) is 17.4 Å². The lowest BCUT2D eigenvalue weighted by molar-refractivity contribution is -0.117. The third kappa shape index (κ3) is 2.84. The second-order valence-electron chi connectivity index (χ2n) is 5.10. The van der Waals surface area contributed by atoms with E-state index in [4.69, 9.17) is 9.68 Å². The highest BCUT2D eigenvalue weighted by atomic mass is 16.4. The number of nitrogens with one attached hydrogen (secondary N) is 1. The molecule has 0 aliphatic carbocycles. The van der Waals surface area contributed by atoms with Crippen molar-refractivity contribution in [1.82, 2.24) is 4.90 Å². The van der Waals surface area contributed by atoms with Crippen LogP contribution in [0, 0.1) is 25.2 Å². The standard InChI is InChI=1S/C14H19N3O3/c1-9-10(2)20-14(12(9)6-15)16-13(19)7-17-5-3-4-11(17)8-18/h11,18H,3-5,7-8H2,1-2H3,(H,16,19)/t11-/m1/s1. The van der Waals surface area contributed by atoms with Crippen molar-refractivity contribution < 1.29 is 14.3 Å². The number of aliphatic hydroxyl groups excluding tert-OH is 1. The first-order valence-electron chi connectivity index (χ1n) is 6.71. The Balaban J connectivity index is 2.02. The molecule has 1 saturated heterocycles. The number of nitrogens with zero attached hydrogens (tertiary/aromatic N) is 2. The normalized spacial score (nSPS) is 19.0. The molecule has 20 heavy (non-hydrogen) atoms. The molecule has 0 saturated carbocycles. The zero-order valence-corrected chi connectivity index (χ0v) is 11.8. The molecule has 0 radical (unpaired) electrons. The van der Waals surface area contributed by atoms with Gasteiger partial charge in [-0.05, 0) is 33.2 Å². The van der Waals surface area contributed by atoms with E-state index in [9.17, 15) is 9.90 Å². The largest absolute Gasteiger partial charge is 0.444 e. The molecule has 0 unspecified atom stereocenters. The molecule has 0 bridgehead atoms. The van der Waals surface area contributed by atoms with E-state index in [0.717, 1.165) is 24.9 Å². The van der Waals surface area contributed by atoms with Crippen LogP contribution in [0.2, 0.25) is 0 Å². The van der Waals surface area contributed by atoms with Gasteiger partial charge < -0.3 is 9.52 Å². The van der Waals surface area contributed by atoms with Crippen LogP contribution in [0.1, 0.15) is 29.7 Å². The average molecular weight is 277 g/mol. The summed E-state index contributed by atoms with van der Waals surface area (Å²) < 4.78 is 5.40. The number of carbonyl (C=O) groups excluding carboxylic acids is 1. The van der Waals surface area contributed by atoms with Crippen LogP contribution in [0.25, 0.3) is 0 Å². The molecule has 6 heteroatoms. The molecule has 1 aromatic rings. The number of amides is 1. The number of rotatable bonds is 4. The molecule has 6 nitrogen and oxygen atoms in total. The van der Waals surface area contributed by atoms with Crippen molar-refractivity contribution in [3.05, 3.63) is 16.9 Å². The first kappa shape index (κ1) is 14.6. The Morgan fingerprint density at radius 1 is 1.60 bits per heavy atom. The Bertz CT molecular complexity index is 545. The van der Waals surface area contributed by atoms with Gasteiger partial charge in [-0.15, -0.1) is 0 Å². The van der Waals surface area contributed by atoms with Gasteiger partial charge in [0.25, 0.3) is 0 Å². The Kier molecular flexibility index (Phi) is 4.42. The van der Waals surface area contributed by atoms with Crippen molar-refractivity contribution in [2.24, 2.45) is 0 Å². The van der Waals surface area contributed by atoms with Crippen molar-refractivity contribution in [1.29, 1.82) is 5.26 Å². The molecule has 108 valence electrons. The summed E-state index contributed by atoms with van der Waals surface area (Å²) in [6, 6.07) is 2.09. The Labute approximate surface area is 118 Å². The molecule has 2 heterocycles. The number of furan rings is 1. The summed E-state index contributed by atoms with van der Waals surface area (Å²) >= 11 is 0. The van der Waals surface area contributed by atoms with E-state index in [1.807, 2.05) is 11.0 Å². The lowest BCUT2D eigenvalue weighted by atomic mass is 10.2. The van der Waals surface area contributed by atoms with Crippen molar-refractivity contribution in [3.63, 3.8) is 0 Å². The van der Waals surface area contributed by atoms with Crippen molar-refractivity contribution >= 4 is 11.8 Å². The van der Waals surface area contributed by atoms with E-state index >= 15 is 0 Å². The van der Waals surface area contributed by atoms with Crippen LogP contribution in [0.5, 0.6) is 0 Å². The summed E-state index contributed by atoms with van der Waals surface area (Å²) in [5, 5.41) is 21.0. The Hall–Kier alpha value is -1.84. The maximum Gasteiger partial charge on any atom is 0.240 e. The van der Waals surface area contributed by atoms with Crippen molar-refractivity contribution in [3.8, 4) is 6.07 Å². The fraction of sp³-hybridized carbons (Fsp3) is 0.571. The SMILES string of the molecule is Cc1oc(NC(=O)CN2CCC[C@@H]2CO)c(C#N)c1C. The molecule has 1 amide bonds. The topological polar surface area (TPSA) is 89.5 Å². The summed E-state index contributed by atoms with van der Waals surface area (Å²) in [6.45, 7) is 4.62. The highest BCUT2D eigenvalue weighted by Gasteiger charge is 2.26. The maximum atomic E-state index is 12.0. The molecule has 1 fully saturated rings. The van der Waals surface area contributed by atoms with Crippen LogP contribution in [-0.4, -0.2) is 41.7 Å². The predicted molar refractivity (Wildman–Crippen MR) is 73.2 cm³/mol. The molecule has 1 aliphatic rings. The summed E-state index contributed by atoms with van der Waals surface area (Å²) in [4.78, 5) is 14.0.